The summed E-state index contributed by atoms with van der Waals surface area (Å²) in [6.45, 7) is 0. The highest BCUT2D eigenvalue weighted by atomic mass is 19.3. The van der Waals surface area contributed by atoms with Crippen molar-refractivity contribution in [2.24, 2.45) is 7.05 Å². The number of rotatable bonds is 3. The number of aryl methyl sites for hydroxylation is 1. The summed E-state index contributed by atoms with van der Waals surface area (Å²) >= 11 is 0. The lowest BCUT2D eigenvalue weighted by Gasteiger charge is -2.35. The van der Waals surface area contributed by atoms with E-state index in [1.54, 1.807) is 31.3 Å². The number of fused-ring (bicyclic) bond motifs is 3. The van der Waals surface area contributed by atoms with Gasteiger partial charge >= 0.3 is 0 Å². The number of amides is 2. The zero-order chi connectivity index (χ0) is 23.3. The number of aromatic nitrogens is 2. The summed E-state index contributed by atoms with van der Waals surface area (Å²) in [6.07, 6.45) is 1.59. The monoisotopic (exact) mass is 452 g/mol. The van der Waals surface area contributed by atoms with Gasteiger partial charge in [0.1, 0.15) is 11.2 Å². The number of alkyl halides is 2. The minimum atomic E-state index is -2.74. The Morgan fingerprint density at radius 1 is 1.15 bits per heavy atom. The highest BCUT2D eigenvalue weighted by Crippen LogP contribution is 2.66. The summed E-state index contributed by atoms with van der Waals surface area (Å²) in [7, 11) is 3.40. The Morgan fingerprint density at radius 2 is 1.88 bits per heavy atom. The van der Waals surface area contributed by atoms with E-state index in [4.69, 9.17) is 0 Å². The molecule has 0 bridgehead atoms. The predicted octanol–water partition coefficient (Wildman–Crippen LogP) is 2.80. The Hall–Kier alpha value is -3.49. The number of nitrogens with zero attached hydrogens (tertiary/aromatic N) is 2. The highest BCUT2D eigenvalue weighted by molar-refractivity contribution is 6.11. The summed E-state index contributed by atoms with van der Waals surface area (Å²) < 4.78 is 27.7. The molecule has 2 saturated carbocycles. The molecule has 2 fully saturated rings. The molecule has 1 aliphatic heterocycles. The van der Waals surface area contributed by atoms with Crippen molar-refractivity contribution in [2.45, 2.75) is 42.6 Å². The van der Waals surface area contributed by atoms with Gasteiger partial charge in [0.05, 0.1) is 5.41 Å². The second kappa shape index (κ2) is 6.30. The predicted molar refractivity (Wildman–Crippen MR) is 118 cm³/mol. The summed E-state index contributed by atoms with van der Waals surface area (Å²) in [5.74, 6) is -3.37. The van der Waals surface area contributed by atoms with Gasteiger partial charge in [0.25, 0.3) is 17.4 Å². The second-order valence-electron chi connectivity index (χ2n) is 9.52. The fourth-order valence-corrected chi connectivity index (χ4v) is 5.63. The molecule has 9 heteroatoms. The SMILES string of the molecule is CN1C(=O)[C@@]2(C[C@H]2c2cn(C)c(=O)c3[nH]c(C(=O)NC4CC(F)(F)C4)cc23)c2ccccc21. The summed E-state index contributed by atoms with van der Waals surface area (Å²) in [5, 5.41) is 3.19. The zero-order valence-corrected chi connectivity index (χ0v) is 18.1. The standard InChI is InChI=1S/C24H22F2N4O3/c1-29-11-14(16-10-24(16)15-5-3-4-6-18(15)30(2)22(24)33)13-7-17(28-19(13)21(29)32)20(31)27-12-8-23(25,26)9-12/h3-7,11-12,16,28H,8-10H2,1-2H3,(H,27,31)/t16-,24-/m0/s1. The Morgan fingerprint density at radius 3 is 2.61 bits per heavy atom. The van der Waals surface area contributed by atoms with E-state index in [0.717, 1.165) is 16.8 Å². The lowest BCUT2D eigenvalue weighted by Crippen LogP contribution is -2.50. The van der Waals surface area contributed by atoms with E-state index >= 15 is 0 Å². The maximum atomic E-state index is 13.3. The van der Waals surface area contributed by atoms with Crippen LogP contribution in [0.3, 0.4) is 0 Å². The molecule has 170 valence electrons. The molecule has 1 aromatic carbocycles. The van der Waals surface area contributed by atoms with Gasteiger partial charge in [-0.1, -0.05) is 18.2 Å². The molecule has 0 unspecified atom stereocenters. The molecule has 2 aromatic heterocycles. The third-order valence-electron chi connectivity index (χ3n) is 7.43. The van der Waals surface area contributed by atoms with E-state index in [9.17, 15) is 23.2 Å². The van der Waals surface area contributed by atoms with E-state index in [1.165, 1.54) is 4.57 Å². The number of halogens is 2. The molecule has 0 saturated heterocycles. The minimum absolute atomic E-state index is 0.0233. The normalized spacial score (nSPS) is 25.4. The number of benzene rings is 1. The fraction of sp³-hybridized carbons (Fsp3) is 0.375. The Balaban J connectivity index is 1.40. The van der Waals surface area contributed by atoms with Crippen LogP contribution in [0.25, 0.3) is 10.9 Å². The van der Waals surface area contributed by atoms with E-state index in [0.29, 0.717) is 11.8 Å². The Labute approximate surface area is 187 Å². The number of nitrogens with one attached hydrogen (secondary N) is 2. The summed E-state index contributed by atoms with van der Waals surface area (Å²) in [6, 6.07) is 8.73. The first-order chi connectivity index (χ1) is 15.6. The van der Waals surface area contributed by atoms with Crippen LogP contribution in [0.5, 0.6) is 0 Å². The van der Waals surface area contributed by atoms with Crippen LogP contribution in [0.2, 0.25) is 0 Å². The first kappa shape index (κ1) is 20.1. The van der Waals surface area contributed by atoms with Crippen molar-refractivity contribution in [1.82, 2.24) is 14.9 Å². The van der Waals surface area contributed by atoms with Gasteiger partial charge in [-0.15, -0.1) is 0 Å². The maximum Gasteiger partial charge on any atom is 0.274 e. The molecular weight excluding hydrogens is 430 g/mol. The molecule has 2 N–H and O–H groups in total. The topological polar surface area (TPSA) is 87.2 Å². The number of likely N-dealkylation sites (N-methyl/N-ethyl adjacent to an activating group) is 1. The molecule has 2 aliphatic carbocycles. The van der Waals surface area contributed by atoms with E-state index in [2.05, 4.69) is 10.3 Å². The molecule has 6 rings (SSSR count). The van der Waals surface area contributed by atoms with Gasteiger partial charge in [-0.25, -0.2) is 8.78 Å². The average molecular weight is 452 g/mol. The van der Waals surface area contributed by atoms with Crippen molar-refractivity contribution in [3.8, 4) is 0 Å². The number of anilines is 1. The van der Waals surface area contributed by atoms with Crippen molar-refractivity contribution >= 4 is 28.4 Å². The van der Waals surface area contributed by atoms with E-state index in [-0.39, 0.29) is 41.4 Å². The molecule has 2 amide bonds. The molecular formula is C24H22F2N4O3. The summed E-state index contributed by atoms with van der Waals surface area (Å²) in [4.78, 5) is 43.3. The van der Waals surface area contributed by atoms with Crippen molar-refractivity contribution < 1.29 is 18.4 Å². The Bertz CT molecular complexity index is 1420. The van der Waals surface area contributed by atoms with E-state index < -0.39 is 23.3 Å². The van der Waals surface area contributed by atoms with Gasteiger partial charge < -0.3 is 19.8 Å². The van der Waals surface area contributed by atoms with Crippen LogP contribution in [0.4, 0.5) is 14.5 Å². The van der Waals surface area contributed by atoms with E-state index in [1.807, 2.05) is 24.3 Å². The number of carbonyl (C=O) groups is 2. The molecule has 0 radical (unpaired) electrons. The van der Waals surface area contributed by atoms with Crippen molar-refractivity contribution in [2.75, 3.05) is 11.9 Å². The number of hydrogen-bond acceptors (Lipinski definition) is 3. The number of pyridine rings is 1. The number of aromatic amines is 1. The zero-order valence-electron chi connectivity index (χ0n) is 18.1. The largest absolute Gasteiger partial charge is 0.348 e. The smallest absolute Gasteiger partial charge is 0.274 e. The maximum absolute atomic E-state index is 13.3. The fourth-order valence-electron chi connectivity index (χ4n) is 5.63. The average Bonchev–Trinajstić information content (AvgIpc) is 3.28. The molecule has 3 aromatic rings. The summed E-state index contributed by atoms with van der Waals surface area (Å²) in [5.41, 5.74) is 2.13. The van der Waals surface area contributed by atoms with Crippen LogP contribution >= 0.6 is 0 Å². The van der Waals surface area contributed by atoms with Crippen LogP contribution in [0.1, 0.15) is 46.8 Å². The number of H-pyrrole nitrogens is 1. The van der Waals surface area contributed by atoms with Gasteiger partial charge in [0.2, 0.25) is 5.91 Å². The van der Waals surface area contributed by atoms with Gasteiger partial charge in [0.15, 0.2) is 0 Å². The van der Waals surface area contributed by atoms with Crippen molar-refractivity contribution in [3.63, 3.8) is 0 Å². The number of para-hydroxylation sites is 1. The van der Waals surface area contributed by atoms with Crippen LogP contribution in [0.15, 0.2) is 41.3 Å². The number of hydrogen-bond donors (Lipinski definition) is 2. The molecule has 3 aliphatic rings. The number of carbonyl (C=O) groups excluding carboxylic acids is 2. The first-order valence-corrected chi connectivity index (χ1v) is 10.9. The lowest BCUT2D eigenvalue weighted by atomic mass is 9.88. The second-order valence-corrected chi connectivity index (χ2v) is 9.52. The van der Waals surface area contributed by atoms with Gasteiger partial charge in [-0.2, -0.15) is 0 Å². The van der Waals surface area contributed by atoms with Crippen LogP contribution in [-0.2, 0) is 17.3 Å². The lowest BCUT2D eigenvalue weighted by molar-refractivity contribution is -0.120. The van der Waals surface area contributed by atoms with Crippen molar-refractivity contribution in [3.05, 3.63) is 63.7 Å². The molecule has 7 nitrogen and oxygen atoms in total. The first-order valence-electron chi connectivity index (χ1n) is 10.9. The minimum Gasteiger partial charge on any atom is -0.348 e. The van der Waals surface area contributed by atoms with Gasteiger partial charge in [0, 0.05) is 56.2 Å². The van der Waals surface area contributed by atoms with Crippen LogP contribution in [-0.4, -0.2) is 40.4 Å². The quantitative estimate of drug-likeness (QED) is 0.641. The molecule has 1 spiro atoms. The van der Waals surface area contributed by atoms with Gasteiger partial charge in [-0.3, -0.25) is 14.4 Å². The van der Waals surface area contributed by atoms with Gasteiger partial charge in [-0.05, 0) is 29.7 Å². The third-order valence-corrected chi connectivity index (χ3v) is 7.43. The molecule has 2 atom stereocenters. The van der Waals surface area contributed by atoms with Crippen LogP contribution in [0, 0.1) is 0 Å². The van der Waals surface area contributed by atoms with Crippen molar-refractivity contribution in [1.29, 1.82) is 0 Å². The molecule has 33 heavy (non-hydrogen) atoms. The Kier molecular flexibility index (Phi) is 3.85. The third kappa shape index (κ3) is 2.68. The molecule has 3 heterocycles. The van der Waals surface area contributed by atoms with Crippen LogP contribution < -0.4 is 15.8 Å². The highest BCUT2D eigenvalue weighted by Gasteiger charge is 2.67.